The molecule has 0 aromatic rings. The number of alkyl halides is 1. The first-order chi connectivity index (χ1) is 6.81. The van der Waals surface area contributed by atoms with Crippen LogP contribution in [-0.2, 0) is 0 Å². The Morgan fingerprint density at radius 1 is 1.13 bits per heavy atom. The number of halogens is 1. The topological polar surface area (TPSA) is 3.24 Å². The lowest BCUT2D eigenvalue weighted by Gasteiger charge is -2.34. The van der Waals surface area contributed by atoms with Crippen molar-refractivity contribution in [1.82, 2.24) is 4.90 Å². The van der Waals surface area contributed by atoms with Gasteiger partial charge < -0.3 is 4.90 Å². The average Bonchev–Trinajstić information content (AvgIpc) is 2.09. The van der Waals surface area contributed by atoms with Crippen LogP contribution in [-0.4, -0.2) is 29.9 Å². The summed E-state index contributed by atoms with van der Waals surface area (Å²) in [4.78, 5) is 2.57. The van der Waals surface area contributed by atoms with E-state index < -0.39 is 0 Å². The number of hydrogen-bond donors (Lipinski definition) is 0. The Labute approximate surface area is 105 Å². The summed E-state index contributed by atoms with van der Waals surface area (Å²) < 4.78 is 0. The van der Waals surface area contributed by atoms with E-state index in [1.165, 1.54) is 13.1 Å². The zero-order valence-electron chi connectivity index (χ0n) is 11.3. The van der Waals surface area contributed by atoms with Crippen LogP contribution in [0, 0.1) is 17.3 Å². The van der Waals surface area contributed by atoms with Gasteiger partial charge >= 0.3 is 0 Å². The van der Waals surface area contributed by atoms with Crippen molar-refractivity contribution in [2.24, 2.45) is 17.3 Å². The minimum absolute atomic E-state index is 0.397. The van der Waals surface area contributed by atoms with Gasteiger partial charge in [0.15, 0.2) is 0 Å². The molecule has 2 heteroatoms. The molecular formula is C13H28BrN. The molecule has 0 aromatic carbocycles. The third-order valence-electron chi connectivity index (χ3n) is 2.96. The van der Waals surface area contributed by atoms with Gasteiger partial charge in [0.05, 0.1) is 0 Å². The van der Waals surface area contributed by atoms with E-state index in [-0.39, 0.29) is 0 Å². The monoisotopic (exact) mass is 277 g/mol. The summed E-state index contributed by atoms with van der Waals surface area (Å²) in [6.45, 7) is 17.5. The third-order valence-corrected chi connectivity index (χ3v) is 3.74. The van der Waals surface area contributed by atoms with Gasteiger partial charge in [-0.05, 0) is 23.8 Å². The van der Waals surface area contributed by atoms with Crippen molar-refractivity contribution in [3.8, 4) is 0 Å². The molecule has 0 aromatic heterocycles. The van der Waals surface area contributed by atoms with Gasteiger partial charge in [0.1, 0.15) is 0 Å². The first-order valence-corrected chi connectivity index (χ1v) is 7.21. The molecule has 0 spiro atoms. The van der Waals surface area contributed by atoms with Crippen LogP contribution in [0.5, 0.6) is 0 Å². The van der Waals surface area contributed by atoms with Crippen molar-refractivity contribution in [3.63, 3.8) is 0 Å². The highest BCUT2D eigenvalue weighted by Gasteiger charge is 2.25. The summed E-state index contributed by atoms with van der Waals surface area (Å²) in [6, 6.07) is 0. The molecule has 0 N–H and O–H groups in total. The van der Waals surface area contributed by atoms with Gasteiger partial charge in [-0.2, -0.15) is 0 Å². The molecule has 0 fully saturated rings. The maximum absolute atomic E-state index is 3.65. The molecule has 0 rings (SSSR count). The van der Waals surface area contributed by atoms with E-state index in [0.717, 1.165) is 23.7 Å². The lowest BCUT2D eigenvalue weighted by atomic mass is 9.81. The smallest absolute Gasteiger partial charge is 0.00768 e. The Morgan fingerprint density at radius 2 is 1.67 bits per heavy atom. The van der Waals surface area contributed by atoms with Crippen LogP contribution in [0.15, 0.2) is 0 Å². The van der Waals surface area contributed by atoms with Gasteiger partial charge in [0.25, 0.3) is 0 Å². The van der Waals surface area contributed by atoms with Crippen LogP contribution < -0.4 is 0 Å². The van der Waals surface area contributed by atoms with Crippen LogP contribution in [0.2, 0.25) is 0 Å². The molecular weight excluding hydrogens is 250 g/mol. The van der Waals surface area contributed by atoms with E-state index in [2.05, 4.69) is 62.4 Å². The zero-order chi connectivity index (χ0) is 12.1. The second kappa shape index (κ2) is 6.90. The van der Waals surface area contributed by atoms with Crippen molar-refractivity contribution < 1.29 is 0 Å². The quantitative estimate of drug-likeness (QED) is 0.663. The van der Waals surface area contributed by atoms with Gasteiger partial charge in [-0.15, -0.1) is 0 Å². The third kappa shape index (κ3) is 6.57. The summed E-state index contributed by atoms with van der Waals surface area (Å²) in [5.74, 6) is 1.50. The predicted octanol–water partition coefficient (Wildman–Crippen LogP) is 4.02. The first-order valence-electron chi connectivity index (χ1n) is 6.09. The van der Waals surface area contributed by atoms with E-state index in [9.17, 15) is 0 Å². The van der Waals surface area contributed by atoms with Gasteiger partial charge in [0, 0.05) is 18.4 Å². The molecule has 0 saturated heterocycles. The Kier molecular flexibility index (Phi) is 7.10. The summed E-state index contributed by atoms with van der Waals surface area (Å²) >= 11 is 3.65. The van der Waals surface area contributed by atoms with E-state index in [0.29, 0.717) is 5.41 Å². The molecule has 1 atom stereocenters. The van der Waals surface area contributed by atoms with Crippen molar-refractivity contribution in [3.05, 3.63) is 0 Å². The second-order valence-corrected chi connectivity index (χ2v) is 6.61. The van der Waals surface area contributed by atoms with Crippen molar-refractivity contribution in [1.29, 1.82) is 0 Å². The van der Waals surface area contributed by atoms with E-state index in [4.69, 9.17) is 0 Å². The average molecular weight is 278 g/mol. The minimum Gasteiger partial charge on any atom is -0.303 e. The summed E-state index contributed by atoms with van der Waals surface area (Å²) in [5, 5.41) is 1.10. The second-order valence-electron chi connectivity index (χ2n) is 5.96. The van der Waals surface area contributed by atoms with Crippen LogP contribution in [0.3, 0.4) is 0 Å². The molecule has 1 unspecified atom stereocenters. The molecule has 0 aliphatic carbocycles. The highest BCUT2D eigenvalue weighted by Crippen LogP contribution is 2.28. The molecule has 0 amide bonds. The molecule has 0 radical (unpaired) electrons. The summed E-state index contributed by atoms with van der Waals surface area (Å²) in [6.07, 6.45) is 0. The van der Waals surface area contributed by atoms with E-state index >= 15 is 0 Å². The molecule has 0 bridgehead atoms. The predicted molar refractivity (Wildman–Crippen MR) is 73.7 cm³/mol. The molecule has 0 saturated carbocycles. The summed E-state index contributed by atoms with van der Waals surface area (Å²) in [7, 11) is 0. The van der Waals surface area contributed by atoms with Crippen LogP contribution in [0.4, 0.5) is 0 Å². The Hall–Kier alpha value is 0.440. The fraction of sp³-hybridized carbons (Fsp3) is 1.00. The van der Waals surface area contributed by atoms with Gasteiger partial charge in [-0.1, -0.05) is 57.5 Å². The van der Waals surface area contributed by atoms with Gasteiger partial charge in [-0.3, -0.25) is 0 Å². The molecule has 0 heterocycles. The lowest BCUT2D eigenvalue weighted by molar-refractivity contribution is 0.159. The highest BCUT2D eigenvalue weighted by molar-refractivity contribution is 9.09. The van der Waals surface area contributed by atoms with Crippen LogP contribution in [0.1, 0.15) is 41.5 Å². The van der Waals surface area contributed by atoms with Crippen LogP contribution >= 0.6 is 15.9 Å². The lowest BCUT2D eigenvalue weighted by Crippen LogP contribution is -2.38. The Bertz CT molecular complexity index is 160. The van der Waals surface area contributed by atoms with E-state index in [1.807, 2.05) is 0 Å². The number of hydrogen-bond acceptors (Lipinski definition) is 1. The van der Waals surface area contributed by atoms with Crippen LogP contribution in [0.25, 0.3) is 0 Å². The fourth-order valence-electron chi connectivity index (χ4n) is 1.71. The molecule has 92 valence electrons. The molecule has 1 nitrogen and oxygen atoms in total. The van der Waals surface area contributed by atoms with Gasteiger partial charge in [0.2, 0.25) is 0 Å². The Morgan fingerprint density at radius 3 is 1.93 bits per heavy atom. The van der Waals surface area contributed by atoms with Crippen molar-refractivity contribution >= 4 is 15.9 Å². The number of nitrogens with zero attached hydrogens (tertiary/aromatic N) is 1. The standard InChI is InChI=1S/C13H28BrN/c1-7-15(9-11(2)3)10-12(8-14)13(4,5)6/h11-12H,7-10H2,1-6H3. The highest BCUT2D eigenvalue weighted by atomic mass is 79.9. The maximum Gasteiger partial charge on any atom is 0.00768 e. The Balaban J connectivity index is 4.25. The molecule has 0 aliphatic heterocycles. The largest absolute Gasteiger partial charge is 0.303 e. The zero-order valence-corrected chi connectivity index (χ0v) is 12.9. The maximum atomic E-state index is 3.65. The summed E-state index contributed by atoms with van der Waals surface area (Å²) in [5.41, 5.74) is 0.397. The minimum atomic E-state index is 0.397. The normalized spacial score (nSPS) is 15.0. The first kappa shape index (κ1) is 15.4. The SMILES string of the molecule is CCN(CC(C)C)CC(CBr)C(C)(C)C. The fourth-order valence-corrected chi connectivity index (χ4v) is 2.89. The van der Waals surface area contributed by atoms with E-state index in [1.54, 1.807) is 0 Å². The number of rotatable bonds is 6. The van der Waals surface area contributed by atoms with Gasteiger partial charge in [-0.25, -0.2) is 0 Å². The molecule has 0 aliphatic rings. The van der Waals surface area contributed by atoms with Crippen molar-refractivity contribution in [2.75, 3.05) is 25.0 Å². The molecule has 15 heavy (non-hydrogen) atoms. The van der Waals surface area contributed by atoms with Crippen molar-refractivity contribution in [2.45, 2.75) is 41.5 Å².